The minimum atomic E-state index is -0.537. The van der Waals surface area contributed by atoms with Gasteiger partial charge in [-0.05, 0) is 27.1 Å². The molecule has 31 heavy (non-hydrogen) atoms. The predicted octanol–water partition coefficient (Wildman–Crippen LogP) is 3.72. The van der Waals surface area contributed by atoms with Crippen molar-refractivity contribution in [2.75, 3.05) is 45.0 Å². The smallest absolute Gasteiger partial charge is 0.323 e. The molecule has 0 unspecified atom stereocenters. The summed E-state index contributed by atoms with van der Waals surface area (Å²) >= 11 is 12.1. The highest BCUT2D eigenvalue weighted by atomic mass is 35.5. The van der Waals surface area contributed by atoms with Gasteiger partial charge in [0.1, 0.15) is 12.3 Å². The van der Waals surface area contributed by atoms with E-state index in [-0.39, 0.29) is 11.0 Å². The van der Waals surface area contributed by atoms with E-state index in [9.17, 15) is 4.79 Å². The predicted molar refractivity (Wildman–Crippen MR) is 119 cm³/mol. The lowest BCUT2D eigenvalue weighted by Gasteiger charge is -2.18. The van der Waals surface area contributed by atoms with Crippen molar-refractivity contribution in [1.29, 1.82) is 0 Å². The fourth-order valence-electron chi connectivity index (χ4n) is 2.75. The van der Waals surface area contributed by atoms with Gasteiger partial charge in [-0.1, -0.05) is 23.2 Å². The van der Waals surface area contributed by atoms with Crippen molar-refractivity contribution >= 4 is 46.3 Å². The van der Waals surface area contributed by atoms with Crippen LogP contribution in [0.5, 0.6) is 5.88 Å². The monoisotopic (exact) mass is 467 g/mol. The molecule has 0 saturated heterocycles. The van der Waals surface area contributed by atoms with Gasteiger partial charge in [-0.25, -0.2) is 19.3 Å². The normalized spacial score (nSPS) is 12.2. The van der Waals surface area contributed by atoms with Crippen LogP contribution >= 0.6 is 23.2 Å². The molecule has 2 N–H and O–H groups in total. The van der Waals surface area contributed by atoms with Crippen LogP contribution in [0.2, 0.25) is 10.2 Å². The lowest BCUT2D eigenvalue weighted by molar-refractivity contribution is 0.114. The first kappa shape index (κ1) is 23.0. The number of nitrogens with zero attached hydrogens (tertiary/aromatic N) is 5. The molecule has 0 aliphatic heterocycles. The Morgan fingerprint density at radius 3 is 2.65 bits per heavy atom. The number of pyridine rings is 1. The number of amides is 2. The van der Waals surface area contributed by atoms with Crippen LogP contribution in [-0.2, 0) is 4.74 Å². The maximum atomic E-state index is 12.8. The molecular formula is C19H23Cl2N7O3. The van der Waals surface area contributed by atoms with Crippen LogP contribution in [0, 0.1) is 0 Å². The molecule has 3 aromatic rings. The van der Waals surface area contributed by atoms with Gasteiger partial charge in [0.05, 0.1) is 28.7 Å². The number of hydrogen-bond donors (Lipinski definition) is 2. The lowest BCUT2D eigenvalue weighted by atomic mass is 10.2. The van der Waals surface area contributed by atoms with Crippen LogP contribution in [0.25, 0.3) is 5.65 Å². The number of hydrogen-bond acceptors (Lipinski definition) is 7. The van der Waals surface area contributed by atoms with E-state index in [1.54, 1.807) is 19.2 Å². The largest absolute Gasteiger partial charge is 0.475 e. The summed E-state index contributed by atoms with van der Waals surface area (Å²) in [5.41, 5.74) is 1.86. The fraction of sp³-hybridized carbons (Fsp3) is 0.368. The third-order valence-corrected chi connectivity index (χ3v) is 4.71. The molecule has 10 nitrogen and oxygen atoms in total. The Balaban J connectivity index is 1.83. The zero-order chi connectivity index (χ0) is 22.5. The molecular weight excluding hydrogens is 445 g/mol. The first-order chi connectivity index (χ1) is 14.8. The number of halogens is 2. The molecule has 0 bridgehead atoms. The van der Waals surface area contributed by atoms with Gasteiger partial charge < -0.3 is 25.0 Å². The zero-order valence-electron chi connectivity index (χ0n) is 17.5. The van der Waals surface area contributed by atoms with Crippen molar-refractivity contribution in [2.45, 2.75) is 13.0 Å². The average Bonchev–Trinajstić information content (AvgIpc) is 3.08. The van der Waals surface area contributed by atoms with Crippen LogP contribution in [0.15, 0.2) is 24.5 Å². The second-order valence-corrected chi connectivity index (χ2v) is 7.73. The summed E-state index contributed by atoms with van der Waals surface area (Å²) in [6, 6.07) is 2.64. The van der Waals surface area contributed by atoms with Gasteiger partial charge >= 0.3 is 6.03 Å². The van der Waals surface area contributed by atoms with E-state index >= 15 is 0 Å². The van der Waals surface area contributed by atoms with Crippen molar-refractivity contribution in [3.8, 4) is 5.88 Å². The summed E-state index contributed by atoms with van der Waals surface area (Å²) in [4.78, 5) is 23.2. The molecule has 0 aliphatic rings. The van der Waals surface area contributed by atoms with Crippen LogP contribution in [0.4, 0.5) is 16.2 Å². The Labute approximate surface area is 189 Å². The van der Waals surface area contributed by atoms with E-state index in [1.807, 2.05) is 25.9 Å². The summed E-state index contributed by atoms with van der Waals surface area (Å²) in [6.45, 7) is 2.91. The third-order valence-electron chi connectivity index (χ3n) is 4.32. The molecule has 0 saturated carbocycles. The zero-order valence-corrected chi connectivity index (χ0v) is 19.0. The van der Waals surface area contributed by atoms with Crippen molar-refractivity contribution in [3.63, 3.8) is 0 Å². The molecule has 3 heterocycles. The Kier molecular flexibility index (Phi) is 7.50. The molecule has 3 rings (SSSR count). The number of anilines is 2. The minimum Gasteiger partial charge on any atom is -0.475 e. The number of methoxy groups -OCH3 is 1. The van der Waals surface area contributed by atoms with Crippen molar-refractivity contribution in [1.82, 2.24) is 24.5 Å². The second kappa shape index (κ2) is 10.1. The Morgan fingerprint density at radius 2 is 1.94 bits per heavy atom. The highest BCUT2D eigenvalue weighted by Crippen LogP contribution is 2.28. The highest BCUT2D eigenvalue weighted by Gasteiger charge is 2.20. The molecule has 0 spiro atoms. The van der Waals surface area contributed by atoms with E-state index in [2.05, 4.69) is 25.7 Å². The van der Waals surface area contributed by atoms with Gasteiger partial charge in [-0.15, -0.1) is 0 Å². The molecule has 0 aromatic carbocycles. The van der Waals surface area contributed by atoms with Gasteiger partial charge in [0.25, 0.3) is 0 Å². The number of carbonyl (C=O) groups excluding carboxylic acids is 1. The van der Waals surface area contributed by atoms with Crippen LogP contribution in [0.1, 0.15) is 18.7 Å². The van der Waals surface area contributed by atoms with E-state index in [0.29, 0.717) is 40.9 Å². The first-order valence-corrected chi connectivity index (χ1v) is 10.1. The number of likely N-dealkylation sites (N-methyl/N-ethyl adjacent to an activating group) is 1. The summed E-state index contributed by atoms with van der Waals surface area (Å²) in [5.74, 6) is 0.263. The molecule has 166 valence electrons. The van der Waals surface area contributed by atoms with Crippen LogP contribution in [-0.4, -0.2) is 64.9 Å². The van der Waals surface area contributed by atoms with Gasteiger partial charge in [-0.2, -0.15) is 5.10 Å². The number of fused-ring (bicyclic) bond motifs is 1. The molecule has 1 atom stereocenters. The van der Waals surface area contributed by atoms with Gasteiger partial charge in [-0.3, -0.25) is 0 Å². The third kappa shape index (κ3) is 5.73. The quantitative estimate of drug-likeness (QED) is 0.519. The Bertz CT molecular complexity index is 1070. The number of aromatic nitrogens is 4. The summed E-state index contributed by atoms with van der Waals surface area (Å²) in [7, 11) is 5.42. The summed E-state index contributed by atoms with van der Waals surface area (Å²) < 4.78 is 12.6. The first-order valence-electron chi connectivity index (χ1n) is 9.36. The lowest BCUT2D eigenvalue weighted by Crippen LogP contribution is -2.23. The van der Waals surface area contributed by atoms with E-state index < -0.39 is 12.1 Å². The Morgan fingerprint density at radius 1 is 1.19 bits per heavy atom. The summed E-state index contributed by atoms with van der Waals surface area (Å²) in [6.07, 6.45) is 2.57. The molecule has 0 fully saturated rings. The topological polar surface area (TPSA) is 106 Å². The minimum absolute atomic E-state index is 0.263. The van der Waals surface area contributed by atoms with Crippen molar-refractivity contribution in [3.05, 3.63) is 40.4 Å². The second-order valence-electron chi connectivity index (χ2n) is 6.91. The SMILES string of the molecule is CO[C@@H](C)c1c(NC(=O)Nc2cc(Cl)cnc2OCCN(C)C)cnc2cc(Cl)nn12. The number of urea groups is 1. The van der Waals surface area contributed by atoms with Gasteiger partial charge in [0, 0.05) is 25.9 Å². The van der Waals surface area contributed by atoms with Crippen molar-refractivity contribution in [2.24, 2.45) is 0 Å². The Hall–Kier alpha value is -2.66. The highest BCUT2D eigenvalue weighted by molar-refractivity contribution is 6.31. The number of rotatable bonds is 8. The molecule has 3 aromatic heterocycles. The maximum Gasteiger partial charge on any atom is 0.323 e. The average molecular weight is 468 g/mol. The van der Waals surface area contributed by atoms with Crippen LogP contribution < -0.4 is 15.4 Å². The molecule has 2 amide bonds. The molecule has 0 aliphatic carbocycles. The van der Waals surface area contributed by atoms with Gasteiger partial charge in [0.15, 0.2) is 10.8 Å². The maximum absolute atomic E-state index is 12.8. The number of ether oxygens (including phenoxy) is 2. The number of carbonyl (C=O) groups is 1. The number of nitrogens with one attached hydrogen (secondary N) is 2. The van der Waals surface area contributed by atoms with Gasteiger partial charge in [0.2, 0.25) is 5.88 Å². The molecule has 0 radical (unpaired) electrons. The fourth-order valence-corrected chi connectivity index (χ4v) is 3.09. The standard InChI is InChI=1S/C19H23Cl2N7O3/c1-11(30-4)17-14(10-22-16-8-15(21)26-28(16)17)25-19(29)24-13-7-12(20)9-23-18(13)31-6-5-27(2)3/h7-11H,5-6H2,1-4H3,(H2,24,25,29)/t11-/m0/s1. The van der Waals surface area contributed by atoms with Crippen LogP contribution in [0.3, 0.4) is 0 Å². The summed E-state index contributed by atoms with van der Waals surface area (Å²) in [5, 5.41) is 10.3. The van der Waals surface area contributed by atoms with Crippen molar-refractivity contribution < 1.29 is 14.3 Å². The van der Waals surface area contributed by atoms with E-state index in [4.69, 9.17) is 32.7 Å². The van der Waals surface area contributed by atoms with E-state index in [1.165, 1.54) is 16.9 Å². The molecule has 12 heteroatoms. The van der Waals surface area contributed by atoms with E-state index in [0.717, 1.165) is 0 Å².